The summed E-state index contributed by atoms with van der Waals surface area (Å²) in [5.74, 6) is 0.0439. The maximum atomic E-state index is 2.50. The van der Waals surface area contributed by atoms with Crippen LogP contribution in [0.5, 0.6) is 0 Å². The van der Waals surface area contributed by atoms with E-state index in [1.807, 2.05) is 0 Å². The van der Waals surface area contributed by atoms with E-state index in [0.29, 0.717) is 0 Å². The minimum atomic E-state index is 0.0439. The molecule has 0 amide bonds. The molecule has 0 heteroatoms. The molecule has 0 saturated carbocycles. The predicted octanol–water partition coefficient (Wildman–Crippen LogP) is 19.9. The lowest BCUT2D eigenvalue weighted by molar-refractivity contribution is 0.980. The fourth-order valence-corrected chi connectivity index (χ4v) is 11.8. The number of fused-ring (bicyclic) bond motifs is 3. The van der Waals surface area contributed by atoms with Gasteiger partial charge in [0, 0.05) is 5.92 Å². The Labute approximate surface area is 434 Å². The van der Waals surface area contributed by atoms with Crippen LogP contribution in [0.2, 0.25) is 0 Å². The zero-order chi connectivity index (χ0) is 49.2. The molecule has 13 aromatic carbocycles. The number of hydrogen-bond donors (Lipinski definition) is 0. The van der Waals surface area contributed by atoms with Crippen LogP contribution in [0, 0.1) is 0 Å². The maximum absolute atomic E-state index is 2.50. The maximum Gasteiger partial charge on any atom is 0.0346 e. The minimum absolute atomic E-state index is 0.0439. The van der Waals surface area contributed by atoms with Crippen molar-refractivity contribution in [2.75, 3.05) is 0 Å². The highest BCUT2D eigenvalue weighted by atomic mass is 14.3. The highest BCUT2D eigenvalue weighted by Crippen LogP contribution is 2.48. The molecule has 0 saturated heterocycles. The van der Waals surface area contributed by atoms with E-state index in [1.54, 1.807) is 0 Å². The van der Waals surface area contributed by atoms with Crippen molar-refractivity contribution in [1.82, 2.24) is 0 Å². The Morgan fingerprint density at radius 3 is 1.22 bits per heavy atom. The number of hydrogen-bond acceptors (Lipinski definition) is 0. The Bertz CT molecular complexity index is 4100. The van der Waals surface area contributed by atoms with Gasteiger partial charge in [0.2, 0.25) is 0 Å². The fraction of sp³-hybridized carbons (Fsp3) is 0.0270. The van der Waals surface area contributed by atoms with Crippen molar-refractivity contribution < 1.29 is 0 Å². The lowest BCUT2D eigenvalue weighted by Crippen LogP contribution is -2.05. The Kier molecular flexibility index (Phi) is 11.9. The molecule has 0 nitrogen and oxygen atoms in total. The molecule has 0 atom stereocenters. The van der Waals surface area contributed by atoms with Crippen LogP contribution in [0.15, 0.2) is 297 Å². The van der Waals surface area contributed by atoms with Crippen molar-refractivity contribution in [2.24, 2.45) is 0 Å². The average Bonchev–Trinajstić information content (AvgIpc) is 3.47. The van der Waals surface area contributed by atoms with E-state index in [9.17, 15) is 0 Å². The molecule has 0 aliphatic heterocycles. The van der Waals surface area contributed by atoms with Gasteiger partial charge in [-0.05, 0) is 139 Å². The van der Waals surface area contributed by atoms with E-state index >= 15 is 0 Å². The van der Waals surface area contributed by atoms with E-state index in [0.717, 1.165) is 6.42 Å². The van der Waals surface area contributed by atoms with Gasteiger partial charge in [0.25, 0.3) is 0 Å². The summed E-state index contributed by atoms with van der Waals surface area (Å²) >= 11 is 0. The molecule has 0 aromatic heterocycles. The smallest absolute Gasteiger partial charge is 0.0346 e. The molecule has 0 heterocycles. The lowest BCUT2D eigenvalue weighted by Gasteiger charge is -2.24. The minimum Gasteiger partial charge on any atom is -0.0622 e. The van der Waals surface area contributed by atoms with Crippen molar-refractivity contribution in [3.8, 4) is 66.8 Å². The second kappa shape index (κ2) is 19.7. The van der Waals surface area contributed by atoms with Crippen LogP contribution in [0.25, 0.3) is 99.1 Å². The topological polar surface area (TPSA) is 0 Å². The van der Waals surface area contributed by atoms with Gasteiger partial charge in [-0.25, -0.2) is 0 Å². The number of benzene rings is 13. The Morgan fingerprint density at radius 1 is 0.230 bits per heavy atom. The molecule has 74 heavy (non-hydrogen) atoms. The van der Waals surface area contributed by atoms with Crippen molar-refractivity contribution in [3.63, 3.8) is 0 Å². The van der Waals surface area contributed by atoms with Gasteiger partial charge in [-0.3, -0.25) is 0 Å². The molecule has 13 aromatic rings. The molecule has 0 bridgehead atoms. The fourth-order valence-electron chi connectivity index (χ4n) is 11.8. The van der Waals surface area contributed by atoms with Gasteiger partial charge in [0.1, 0.15) is 0 Å². The zero-order valence-electron chi connectivity index (χ0n) is 41.1. The molecule has 348 valence electrons. The molecule has 0 spiro atoms. The third-order valence-electron chi connectivity index (χ3n) is 15.2. The van der Waals surface area contributed by atoms with Crippen molar-refractivity contribution in [2.45, 2.75) is 12.3 Å². The van der Waals surface area contributed by atoms with Crippen LogP contribution < -0.4 is 0 Å². The quantitative estimate of drug-likeness (QED) is 0.0895. The average molecular weight is 941 g/mol. The van der Waals surface area contributed by atoms with Gasteiger partial charge in [-0.2, -0.15) is 0 Å². The molecular weight excluding hydrogens is 889 g/mol. The van der Waals surface area contributed by atoms with Crippen LogP contribution in [0.1, 0.15) is 33.7 Å². The monoisotopic (exact) mass is 940 g/mol. The van der Waals surface area contributed by atoms with E-state index in [2.05, 4.69) is 297 Å². The zero-order valence-corrected chi connectivity index (χ0v) is 41.1. The molecule has 13 rings (SSSR count). The summed E-state index contributed by atoms with van der Waals surface area (Å²) in [6.45, 7) is 0. The summed E-state index contributed by atoms with van der Waals surface area (Å²) < 4.78 is 0. The van der Waals surface area contributed by atoms with Gasteiger partial charge in [-0.1, -0.05) is 291 Å². The predicted molar refractivity (Wildman–Crippen MR) is 315 cm³/mol. The van der Waals surface area contributed by atoms with Gasteiger partial charge in [-0.15, -0.1) is 0 Å². The molecule has 0 unspecified atom stereocenters. The van der Waals surface area contributed by atoms with Crippen molar-refractivity contribution >= 4 is 32.3 Å². The molecule has 0 N–H and O–H groups in total. The van der Waals surface area contributed by atoms with Crippen LogP contribution >= 0.6 is 0 Å². The summed E-state index contributed by atoms with van der Waals surface area (Å²) in [4.78, 5) is 0. The first-order valence-electron chi connectivity index (χ1n) is 25.8. The first-order chi connectivity index (χ1) is 36.8. The summed E-state index contributed by atoms with van der Waals surface area (Å²) in [5.41, 5.74) is 21.2. The second-order valence-corrected chi connectivity index (χ2v) is 19.4. The molecular formula is C74H52. The first kappa shape index (κ1) is 44.6. The van der Waals surface area contributed by atoms with Crippen molar-refractivity contribution in [3.05, 3.63) is 325 Å². The summed E-state index contributed by atoms with van der Waals surface area (Å²) in [6.07, 6.45) is 0.810. The van der Waals surface area contributed by atoms with Gasteiger partial charge in [0.15, 0.2) is 0 Å². The van der Waals surface area contributed by atoms with Gasteiger partial charge >= 0.3 is 0 Å². The molecule has 0 aliphatic rings. The number of rotatable bonds is 11. The van der Waals surface area contributed by atoms with Crippen LogP contribution in [0.3, 0.4) is 0 Å². The summed E-state index contributed by atoms with van der Waals surface area (Å²) in [7, 11) is 0. The lowest BCUT2D eigenvalue weighted by atomic mass is 9.79. The van der Waals surface area contributed by atoms with Crippen LogP contribution in [-0.2, 0) is 6.42 Å². The molecule has 0 fully saturated rings. The van der Waals surface area contributed by atoms with Crippen LogP contribution in [-0.4, -0.2) is 0 Å². The normalized spacial score (nSPS) is 11.4. The van der Waals surface area contributed by atoms with Crippen molar-refractivity contribution in [1.29, 1.82) is 0 Å². The molecule has 0 aliphatic carbocycles. The highest BCUT2D eigenvalue weighted by Gasteiger charge is 2.24. The van der Waals surface area contributed by atoms with Gasteiger partial charge < -0.3 is 0 Å². The van der Waals surface area contributed by atoms with E-state index in [1.165, 1.54) is 127 Å². The SMILES string of the molecule is c1ccc(-c2ccccc2Cc2ccccc2-c2ccccc2-c2cccc3c(-c4cccc5ccccc45)c4cccc(-c5ccccc5-c5ccccc5C(c5ccccc5)c5ccccc5)c4cc23)cc1. The first-order valence-corrected chi connectivity index (χ1v) is 25.8. The largest absolute Gasteiger partial charge is 0.0622 e. The Morgan fingerprint density at radius 2 is 0.608 bits per heavy atom. The van der Waals surface area contributed by atoms with E-state index in [4.69, 9.17) is 0 Å². The second-order valence-electron chi connectivity index (χ2n) is 19.4. The van der Waals surface area contributed by atoms with Gasteiger partial charge in [0.05, 0.1) is 0 Å². The van der Waals surface area contributed by atoms with E-state index in [-0.39, 0.29) is 5.92 Å². The third-order valence-corrected chi connectivity index (χ3v) is 15.2. The van der Waals surface area contributed by atoms with Crippen LogP contribution in [0.4, 0.5) is 0 Å². The Balaban J connectivity index is 1.04. The Hall–Kier alpha value is -9.36. The standard InChI is InChI=1S/C74H52/c1-4-25-51(26-5-1)57-35-13-11-32-55(57)49-56-33-12-15-37-59(56)60-38-16-17-39-61(60)65-44-23-47-69-71(65)50-72-66(45-24-48-70(72)74(69)67-46-22-34-52-27-10-14-36-58(52)67)63-41-19-18-40-62(63)64-42-20-21-43-68(64)73(53-28-6-2-7-29-53)54-30-8-3-9-31-54/h1-48,50,73H,49H2. The molecule has 0 radical (unpaired) electrons. The summed E-state index contributed by atoms with van der Waals surface area (Å²) in [6, 6.07) is 110. The summed E-state index contributed by atoms with van der Waals surface area (Å²) in [5, 5.41) is 7.38. The highest BCUT2D eigenvalue weighted by molar-refractivity contribution is 6.22. The third kappa shape index (κ3) is 8.17. The van der Waals surface area contributed by atoms with E-state index < -0.39 is 0 Å².